The molecule has 0 heterocycles. The summed E-state index contributed by atoms with van der Waals surface area (Å²) in [6, 6.07) is -0.893. The fourth-order valence-corrected chi connectivity index (χ4v) is 1.07. The number of aliphatic carboxylic acids is 1. The highest BCUT2D eigenvalue weighted by atomic mass is 16.5. The number of rotatable bonds is 7. The van der Waals surface area contributed by atoms with E-state index in [0.29, 0.717) is 19.4 Å². The Hall–Kier alpha value is -1.30. The molecule has 0 aliphatic rings. The van der Waals surface area contributed by atoms with Gasteiger partial charge in [-0.1, -0.05) is 0 Å². The minimum absolute atomic E-state index is 0.223. The van der Waals surface area contributed by atoms with Crippen LogP contribution in [0.4, 0.5) is 4.79 Å². The highest BCUT2D eigenvalue weighted by Gasteiger charge is 2.19. The number of unbranched alkanes of at least 4 members (excludes halogenated alkanes) is 1. The number of ether oxygens (including phenoxy) is 1. The van der Waals surface area contributed by atoms with E-state index in [0.717, 1.165) is 6.42 Å². The van der Waals surface area contributed by atoms with Crippen LogP contribution < -0.4 is 11.1 Å². The molecule has 0 aromatic heterocycles. The molecule has 0 aromatic carbocycles. The topological polar surface area (TPSA) is 102 Å². The van der Waals surface area contributed by atoms with Crippen LogP contribution in [0.25, 0.3) is 0 Å². The van der Waals surface area contributed by atoms with Gasteiger partial charge in [0, 0.05) is 0 Å². The van der Waals surface area contributed by atoms with Crippen molar-refractivity contribution in [3.05, 3.63) is 0 Å². The molecule has 0 saturated heterocycles. The molecule has 0 aliphatic heterocycles. The highest BCUT2D eigenvalue weighted by Crippen LogP contribution is 2.01. The predicted octanol–water partition coefficient (Wildman–Crippen LogP) is 0.315. The molecule has 88 valence electrons. The Morgan fingerprint density at radius 3 is 2.60 bits per heavy atom. The second-order valence-electron chi connectivity index (χ2n) is 3.04. The van der Waals surface area contributed by atoms with Crippen molar-refractivity contribution >= 4 is 12.1 Å². The van der Waals surface area contributed by atoms with E-state index in [1.54, 1.807) is 6.92 Å². The van der Waals surface area contributed by atoms with E-state index < -0.39 is 18.1 Å². The molecule has 0 rings (SSSR count). The number of amides is 1. The average molecular weight is 218 g/mol. The first-order chi connectivity index (χ1) is 7.11. The van der Waals surface area contributed by atoms with Gasteiger partial charge in [0.2, 0.25) is 0 Å². The molecular formula is C9H18N2O4. The lowest BCUT2D eigenvalue weighted by molar-refractivity contribution is -0.139. The van der Waals surface area contributed by atoms with Crippen molar-refractivity contribution in [2.45, 2.75) is 32.2 Å². The molecule has 0 aliphatic carbocycles. The third kappa shape index (κ3) is 6.73. The number of alkyl carbamates (subject to hydrolysis) is 1. The minimum Gasteiger partial charge on any atom is -0.480 e. The molecule has 6 heteroatoms. The Kier molecular flexibility index (Phi) is 7.35. The summed E-state index contributed by atoms with van der Waals surface area (Å²) in [7, 11) is 0. The van der Waals surface area contributed by atoms with Crippen LogP contribution in [-0.2, 0) is 9.53 Å². The molecule has 6 nitrogen and oxygen atoms in total. The molecule has 1 amide bonds. The smallest absolute Gasteiger partial charge is 0.407 e. The van der Waals surface area contributed by atoms with Crippen LogP contribution in [0.15, 0.2) is 0 Å². The van der Waals surface area contributed by atoms with Crippen molar-refractivity contribution in [1.82, 2.24) is 5.32 Å². The highest BCUT2D eigenvalue weighted by molar-refractivity contribution is 5.79. The molecule has 0 aromatic rings. The van der Waals surface area contributed by atoms with E-state index >= 15 is 0 Å². The lowest BCUT2D eigenvalue weighted by Crippen LogP contribution is -2.41. The normalized spacial score (nSPS) is 11.9. The van der Waals surface area contributed by atoms with Crippen LogP contribution in [0, 0.1) is 0 Å². The third-order valence-electron chi connectivity index (χ3n) is 1.81. The Morgan fingerprint density at radius 1 is 1.47 bits per heavy atom. The number of hydrogen-bond donors (Lipinski definition) is 3. The van der Waals surface area contributed by atoms with Gasteiger partial charge in [-0.05, 0) is 32.7 Å². The van der Waals surface area contributed by atoms with Gasteiger partial charge in [0.15, 0.2) is 0 Å². The summed E-state index contributed by atoms with van der Waals surface area (Å²) in [4.78, 5) is 21.7. The van der Waals surface area contributed by atoms with Gasteiger partial charge in [-0.15, -0.1) is 0 Å². The number of nitrogens with two attached hydrogens (primary N) is 1. The van der Waals surface area contributed by atoms with Gasteiger partial charge in [0.25, 0.3) is 0 Å². The molecule has 0 radical (unpaired) electrons. The Morgan fingerprint density at radius 2 is 2.13 bits per heavy atom. The van der Waals surface area contributed by atoms with Gasteiger partial charge < -0.3 is 20.9 Å². The van der Waals surface area contributed by atoms with E-state index in [-0.39, 0.29) is 6.61 Å². The molecule has 0 fully saturated rings. The molecular weight excluding hydrogens is 200 g/mol. The molecule has 15 heavy (non-hydrogen) atoms. The predicted molar refractivity (Wildman–Crippen MR) is 54.5 cm³/mol. The van der Waals surface area contributed by atoms with Crippen molar-refractivity contribution in [3.8, 4) is 0 Å². The fraction of sp³-hybridized carbons (Fsp3) is 0.778. The van der Waals surface area contributed by atoms with E-state index in [2.05, 4.69) is 10.1 Å². The summed E-state index contributed by atoms with van der Waals surface area (Å²) >= 11 is 0. The van der Waals surface area contributed by atoms with E-state index in [1.165, 1.54) is 0 Å². The summed E-state index contributed by atoms with van der Waals surface area (Å²) in [5, 5.41) is 11.1. The van der Waals surface area contributed by atoms with Crippen LogP contribution in [-0.4, -0.2) is 36.4 Å². The number of carbonyl (C=O) groups is 2. The number of carbonyl (C=O) groups excluding carboxylic acids is 1. The van der Waals surface area contributed by atoms with Crippen LogP contribution in [0.2, 0.25) is 0 Å². The molecule has 0 bridgehead atoms. The van der Waals surface area contributed by atoms with Crippen LogP contribution in [0.1, 0.15) is 26.2 Å². The maximum atomic E-state index is 11.0. The lowest BCUT2D eigenvalue weighted by Gasteiger charge is -2.13. The van der Waals surface area contributed by atoms with Gasteiger partial charge >= 0.3 is 12.1 Å². The van der Waals surface area contributed by atoms with Gasteiger partial charge in [-0.2, -0.15) is 0 Å². The zero-order valence-electron chi connectivity index (χ0n) is 8.86. The van der Waals surface area contributed by atoms with Crippen LogP contribution in [0.3, 0.4) is 0 Å². The summed E-state index contributed by atoms with van der Waals surface area (Å²) in [5.74, 6) is -1.06. The molecule has 0 spiro atoms. The van der Waals surface area contributed by atoms with Gasteiger partial charge in [-0.3, -0.25) is 0 Å². The third-order valence-corrected chi connectivity index (χ3v) is 1.81. The molecule has 1 atom stereocenters. The van der Waals surface area contributed by atoms with Crippen molar-refractivity contribution in [2.75, 3.05) is 13.2 Å². The number of hydrogen-bond acceptors (Lipinski definition) is 4. The first kappa shape index (κ1) is 13.7. The lowest BCUT2D eigenvalue weighted by atomic mass is 10.1. The summed E-state index contributed by atoms with van der Waals surface area (Å²) < 4.78 is 4.59. The molecule has 4 N–H and O–H groups in total. The van der Waals surface area contributed by atoms with Crippen molar-refractivity contribution in [1.29, 1.82) is 0 Å². The van der Waals surface area contributed by atoms with Crippen LogP contribution >= 0.6 is 0 Å². The Bertz CT molecular complexity index is 208. The maximum absolute atomic E-state index is 11.0. The Balaban J connectivity index is 3.93. The zero-order valence-corrected chi connectivity index (χ0v) is 8.86. The van der Waals surface area contributed by atoms with Gasteiger partial charge in [0.05, 0.1) is 6.61 Å². The summed E-state index contributed by atoms with van der Waals surface area (Å²) in [5.41, 5.74) is 5.28. The fourth-order valence-electron chi connectivity index (χ4n) is 1.07. The van der Waals surface area contributed by atoms with Crippen molar-refractivity contribution in [3.63, 3.8) is 0 Å². The van der Waals surface area contributed by atoms with Gasteiger partial charge in [-0.25, -0.2) is 9.59 Å². The van der Waals surface area contributed by atoms with E-state index in [1.807, 2.05) is 0 Å². The van der Waals surface area contributed by atoms with E-state index in [9.17, 15) is 9.59 Å². The number of carboxylic acids is 1. The average Bonchev–Trinajstić information content (AvgIpc) is 2.16. The standard InChI is InChI=1S/C9H18N2O4/c1-2-15-9(14)11-7(8(12)13)5-3-4-6-10/h7H,2-6,10H2,1H3,(H,11,14)(H,12,13). The SMILES string of the molecule is CCOC(=O)NC(CCCCN)C(=O)O. The second-order valence-corrected chi connectivity index (χ2v) is 3.04. The monoisotopic (exact) mass is 218 g/mol. The van der Waals surface area contributed by atoms with Crippen molar-refractivity contribution < 1.29 is 19.4 Å². The maximum Gasteiger partial charge on any atom is 0.407 e. The zero-order chi connectivity index (χ0) is 11.7. The largest absolute Gasteiger partial charge is 0.480 e. The summed E-state index contributed by atoms with van der Waals surface area (Å²) in [6.45, 7) is 2.40. The van der Waals surface area contributed by atoms with Gasteiger partial charge in [0.1, 0.15) is 6.04 Å². The minimum atomic E-state index is -1.06. The van der Waals surface area contributed by atoms with E-state index in [4.69, 9.17) is 10.8 Å². The first-order valence-corrected chi connectivity index (χ1v) is 4.98. The Labute approximate surface area is 88.8 Å². The molecule has 1 unspecified atom stereocenters. The number of carboxylic acid groups (broad SMARTS) is 1. The summed E-state index contributed by atoms with van der Waals surface area (Å²) in [6.07, 6.45) is 1.08. The first-order valence-electron chi connectivity index (χ1n) is 4.98. The number of nitrogens with one attached hydrogen (secondary N) is 1. The second kappa shape index (κ2) is 8.05. The quantitative estimate of drug-likeness (QED) is 0.534. The molecule has 0 saturated carbocycles. The van der Waals surface area contributed by atoms with Crippen molar-refractivity contribution in [2.24, 2.45) is 5.73 Å². The van der Waals surface area contributed by atoms with Crippen LogP contribution in [0.5, 0.6) is 0 Å².